The zero-order valence-corrected chi connectivity index (χ0v) is 14.8. The second-order valence-electron chi connectivity index (χ2n) is 7.53. The highest BCUT2D eigenvalue weighted by atomic mass is 15.3. The van der Waals surface area contributed by atoms with Crippen molar-refractivity contribution in [2.24, 2.45) is 18.7 Å². The smallest absolute Gasteiger partial charge is 0.225 e. The van der Waals surface area contributed by atoms with Gasteiger partial charge in [0.2, 0.25) is 5.95 Å². The van der Waals surface area contributed by atoms with Gasteiger partial charge in [-0.25, -0.2) is 4.98 Å². The number of anilines is 2. The first-order valence-corrected chi connectivity index (χ1v) is 9.26. The lowest BCUT2D eigenvalue weighted by Crippen LogP contribution is -2.33. The molecule has 7 nitrogen and oxygen atoms in total. The molecule has 25 heavy (non-hydrogen) atoms. The average molecular weight is 341 g/mol. The van der Waals surface area contributed by atoms with Gasteiger partial charge in [-0.2, -0.15) is 10.1 Å². The van der Waals surface area contributed by atoms with E-state index in [1.807, 2.05) is 24.0 Å². The van der Waals surface area contributed by atoms with Gasteiger partial charge in [-0.05, 0) is 50.9 Å². The Hall–Kier alpha value is -2.15. The molecule has 2 saturated carbocycles. The Morgan fingerprint density at radius 1 is 1.16 bits per heavy atom. The van der Waals surface area contributed by atoms with Gasteiger partial charge >= 0.3 is 0 Å². The molecule has 7 heteroatoms. The van der Waals surface area contributed by atoms with Crippen molar-refractivity contribution in [1.82, 2.24) is 19.7 Å². The molecule has 0 bridgehead atoms. The lowest BCUT2D eigenvalue weighted by atomic mass is 9.92. The topological polar surface area (TPSA) is 108 Å². The van der Waals surface area contributed by atoms with E-state index in [1.165, 1.54) is 18.5 Å². The van der Waals surface area contributed by atoms with Gasteiger partial charge < -0.3 is 16.8 Å². The maximum absolute atomic E-state index is 6.06. The predicted molar refractivity (Wildman–Crippen MR) is 98.9 cm³/mol. The van der Waals surface area contributed by atoms with Crippen LogP contribution < -0.4 is 16.8 Å². The van der Waals surface area contributed by atoms with Crippen LogP contribution in [0, 0.1) is 5.92 Å². The maximum atomic E-state index is 6.06. The van der Waals surface area contributed by atoms with Crippen LogP contribution in [0.15, 0.2) is 12.3 Å². The van der Waals surface area contributed by atoms with E-state index in [0.29, 0.717) is 23.8 Å². The van der Waals surface area contributed by atoms with Crippen LogP contribution in [0.25, 0.3) is 11.3 Å². The Labute approximate surface area is 148 Å². The normalized spacial score (nSPS) is 23.6. The summed E-state index contributed by atoms with van der Waals surface area (Å²) < 4.78 is 1.96. The first-order chi connectivity index (χ1) is 12.1. The number of rotatable bonds is 5. The standard InChI is InChI=1S/C18H27N7/c1-25-16(8-11-2-3-11)14(10-21-25)15-9-17(20)24-18(23-15)22-13-6-4-12(19)5-7-13/h9-13H,2-8,19H2,1H3,(H3,20,22,23,24). The zero-order chi connectivity index (χ0) is 17.4. The molecule has 2 aromatic rings. The van der Waals surface area contributed by atoms with Gasteiger partial charge in [0.05, 0.1) is 11.9 Å². The first kappa shape index (κ1) is 16.3. The van der Waals surface area contributed by atoms with Crippen LogP contribution in [0.2, 0.25) is 0 Å². The van der Waals surface area contributed by atoms with Crippen molar-refractivity contribution in [3.05, 3.63) is 18.0 Å². The van der Waals surface area contributed by atoms with Crippen molar-refractivity contribution in [2.75, 3.05) is 11.1 Å². The average Bonchev–Trinajstić information content (AvgIpc) is 3.32. The van der Waals surface area contributed by atoms with Gasteiger partial charge in [0.15, 0.2) is 0 Å². The molecule has 0 saturated heterocycles. The van der Waals surface area contributed by atoms with Crippen LogP contribution in [-0.4, -0.2) is 31.8 Å². The number of hydrogen-bond donors (Lipinski definition) is 3. The summed E-state index contributed by atoms with van der Waals surface area (Å²) in [7, 11) is 2.00. The van der Waals surface area contributed by atoms with Gasteiger partial charge in [0.1, 0.15) is 5.82 Å². The van der Waals surface area contributed by atoms with E-state index in [2.05, 4.69) is 15.4 Å². The van der Waals surface area contributed by atoms with Crippen molar-refractivity contribution >= 4 is 11.8 Å². The summed E-state index contributed by atoms with van der Waals surface area (Å²) in [6, 6.07) is 2.54. The highest BCUT2D eigenvalue weighted by Gasteiger charge is 2.26. The monoisotopic (exact) mass is 341 g/mol. The molecule has 2 heterocycles. The minimum Gasteiger partial charge on any atom is -0.384 e. The number of aromatic nitrogens is 4. The molecule has 4 rings (SSSR count). The highest BCUT2D eigenvalue weighted by molar-refractivity contribution is 5.65. The quantitative estimate of drug-likeness (QED) is 0.768. The summed E-state index contributed by atoms with van der Waals surface area (Å²) >= 11 is 0. The number of nitrogens with two attached hydrogens (primary N) is 2. The highest BCUT2D eigenvalue weighted by Crippen LogP contribution is 2.35. The number of nitrogens with one attached hydrogen (secondary N) is 1. The lowest BCUT2D eigenvalue weighted by molar-refractivity contribution is 0.410. The summed E-state index contributed by atoms with van der Waals surface area (Å²) in [5.74, 6) is 1.88. The Bertz CT molecular complexity index is 742. The molecule has 0 aromatic carbocycles. The van der Waals surface area contributed by atoms with Crippen molar-refractivity contribution in [2.45, 2.75) is 57.0 Å². The number of nitrogens with zero attached hydrogens (tertiary/aromatic N) is 4. The lowest BCUT2D eigenvalue weighted by Gasteiger charge is -2.26. The summed E-state index contributed by atoms with van der Waals surface area (Å²) in [5.41, 5.74) is 15.2. The molecular weight excluding hydrogens is 314 g/mol. The summed E-state index contributed by atoms with van der Waals surface area (Å²) in [5, 5.41) is 7.89. The van der Waals surface area contributed by atoms with Crippen LogP contribution in [0.3, 0.4) is 0 Å². The third-order valence-corrected chi connectivity index (χ3v) is 5.37. The van der Waals surface area contributed by atoms with E-state index < -0.39 is 0 Å². The molecule has 0 aliphatic heterocycles. The van der Waals surface area contributed by atoms with Crippen LogP contribution in [-0.2, 0) is 13.5 Å². The van der Waals surface area contributed by atoms with Crippen molar-refractivity contribution in [3.8, 4) is 11.3 Å². The molecule has 0 amide bonds. The third kappa shape index (κ3) is 3.76. The van der Waals surface area contributed by atoms with Crippen molar-refractivity contribution in [1.29, 1.82) is 0 Å². The fraction of sp³-hybridized carbons (Fsp3) is 0.611. The van der Waals surface area contributed by atoms with Gasteiger partial charge in [-0.15, -0.1) is 0 Å². The van der Waals surface area contributed by atoms with E-state index >= 15 is 0 Å². The number of nitrogen functional groups attached to an aromatic ring is 1. The molecule has 5 N–H and O–H groups in total. The van der Waals surface area contributed by atoms with Crippen LogP contribution >= 0.6 is 0 Å². The van der Waals surface area contributed by atoms with Gasteiger partial charge in [0, 0.05) is 36.5 Å². The van der Waals surface area contributed by atoms with E-state index in [1.54, 1.807) is 0 Å². The van der Waals surface area contributed by atoms with Crippen LogP contribution in [0.1, 0.15) is 44.2 Å². The number of hydrogen-bond acceptors (Lipinski definition) is 6. The molecule has 0 radical (unpaired) electrons. The Balaban J connectivity index is 1.57. The molecule has 2 fully saturated rings. The zero-order valence-electron chi connectivity index (χ0n) is 14.8. The Kier molecular flexibility index (Phi) is 4.33. The second kappa shape index (κ2) is 6.63. The van der Waals surface area contributed by atoms with Gasteiger partial charge in [0.25, 0.3) is 0 Å². The van der Waals surface area contributed by atoms with Gasteiger partial charge in [-0.1, -0.05) is 0 Å². The summed E-state index contributed by atoms with van der Waals surface area (Å²) in [4.78, 5) is 9.11. The third-order valence-electron chi connectivity index (χ3n) is 5.37. The predicted octanol–water partition coefficient (Wildman–Crippen LogP) is 2.09. The van der Waals surface area contributed by atoms with Crippen LogP contribution in [0.4, 0.5) is 11.8 Å². The molecule has 0 atom stereocenters. The van der Waals surface area contributed by atoms with E-state index in [-0.39, 0.29) is 0 Å². The van der Waals surface area contributed by atoms with Crippen molar-refractivity contribution in [3.63, 3.8) is 0 Å². The molecule has 2 aliphatic carbocycles. The van der Waals surface area contributed by atoms with Gasteiger partial charge in [-0.3, -0.25) is 4.68 Å². The molecule has 0 spiro atoms. The Morgan fingerprint density at radius 2 is 1.92 bits per heavy atom. The Morgan fingerprint density at radius 3 is 2.64 bits per heavy atom. The largest absolute Gasteiger partial charge is 0.384 e. The van der Waals surface area contributed by atoms with Crippen LogP contribution in [0.5, 0.6) is 0 Å². The maximum Gasteiger partial charge on any atom is 0.225 e. The fourth-order valence-corrected chi connectivity index (χ4v) is 3.63. The second-order valence-corrected chi connectivity index (χ2v) is 7.53. The summed E-state index contributed by atoms with van der Waals surface area (Å²) in [6.45, 7) is 0. The fourth-order valence-electron chi connectivity index (χ4n) is 3.63. The van der Waals surface area contributed by atoms with E-state index in [0.717, 1.165) is 49.3 Å². The van der Waals surface area contributed by atoms with E-state index in [9.17, 15) is 0 Å². The SMILES string of the molecule is Cn1ncc(-c2cc(N)nc(NC3CCC(N)CC3)n2)c1CC1CC1. The minimum absolute atomic E-state index is 0.329. The minimum atomic E-state index is 0.329. The number of aryl methyl sites for hydroxylation is 1. The molecule has 134 valence electrons. The summed E-state index contributed by atoms with van der Waals surface area (Å²) in [6.07, 6.45) is 9.76. The van der Waals surface area contributed by atoms with E-state index in [4.69, 9.17) is 16.5 Å². The molecular formula is C18H27N7. The van der Waals surface area contributed by atoms with Crippen molar-refractivity contribution < 1.29 is 0 Å². The molecule has 2 aliphatic rings. The first-order valence-electron chi connectivity index (χ1n) is 9.26. The molecule has 2 aromatic heterocycles. The molecule has 0 unspecified atom stereocenters.